The molecule has 0 aliphatic heterocycles. The molecule has 3 aromatic carbocycles. The van der Waals surface area contributed by atoms with E-state index in [4.69, 9.17) is 33.0 Å². The quantitative estimate of drug-likeness (QED) is 0.347. The van der Waals surface area contributed by atoms with E-state index in [0.29, 0.717) is 5.92 Å². The van der Waals surface area contributed by atoms with Gasteiger partial charge in [-0.25, -0.2) is 9.18 Å². The van der Waals surface area contributed by atoms with Crippen molar-refractivity contribution < 1.29 is 23.8 Å². The Labute approximate surface area is 201 Å². The lowest BCUT2D eigenvalue weighted by Gasteiger charge is -2.13. The van der Waals surface area contributed by atoms with Gasteiger partial charge >= 0.3 is 5.97 Å². The molecule has 0 bridgehead atoms. The highest BCUT2D eigenvalue weighted by atomic mass is 35.5. The number of hydrogen-bond acceptors (Lipinski definition) is 3. The van der Waals surface area contributed by atoms with Crippen LogP contribution >= 0.6 is 23.2 Å². The zero-order valence-corrected chi connectivity index (χ0v) is 19.2. The second kappa shape index (κ2) is 11.3. The Balaban J connectivity index is 0.000000186. The monoisotopic (exact) mass is 489 g/mol. The molecule has 1 aliphatic rings. The van der Waals surface area contributed by atoms with Crippen LogP contribution in [0.1, 0.15) is 22.6 Å². The highest BCUT2D eigenvalue weighted by Gasteiger charge is 2.27. The number of nitrogens with one attached hydrogen (secondary N) is 1. The van der Waals surface area contributed by atoms with Gasteiger partial charge in [-0.15, -0.1) is 0 Å². The minimum absolute atomic E-state index is 0.0408. The van der Waals surface area contributed by atoms with Crippen molar-refractivity contribution in [2.75, 3.05) is 13.7 Å². The number of halogens is 3. The molecule has 0 heterocycles. The maximum atomic E-state index is 13.6. The molecule has 0 saturated heterocycles. The molecule has 0 radical (unpaired) electrons. The van der Waals surface area contributed by atoms with Gasteiger partial charge in [0.2, 0.25) is 6.41 Å². The highest BCUT2D eigenvalue weighted by molar-refractivity contribution is 6.33. The van der Waals surface area contributed by atoms with Crippen LogP contribution < -0.4 is 5.32 Å². The van der Waals surface area contributed by atoms with Gasteiger partial charge in [-0.05, 0) is 34.4 Å². The number of carbonyl (C=O) groups excluding carboxylic acids is 1. The molecule has 1 atom stereocenters. The Morgan fingerprint density at radius 1 is 1.06 bits per heavy atom. The van der Waals surface area contributed by atoms with Crippen LogP contribution in [0.3, 0.4) is 0 Å². The SMILES string of the molecule is COCC1c2ccccc2-c2ccccc21.O=CN[C@@H](Cc1c(Cl)ccc(Cl)c1F)C(=O)O. The standard InChI is InChI=1S/C15H14O.C10H8Cl2FNO3/c1-16-10-15-13-8-4-2-6-11(13)12-7-3-5-9-14(12)15;11-6-1-2-7(12)9(13)5(6)3-8(10(16)17)14-4-15/h2-9,15H,10H2,1H3;1-2,4,8H,3H2,(H,14,15)(H,16,17)/t;8-/m.0/s1. The first-order valence-electron chi connectivity index (χ1n) is 10.1. The van der Waals surface area contributed by atoms with Gasteiger partial charge < -0.3 is 15.2 Å². The number of hydrogen-bond donors (Lipinski definition) is 2. The molecule has 0 spiro atoms. The molecule has 0 aromatic heterocycles. The number of amides is 1. The number of fused-ring (bicyclic) bond motifs is 3. The third-order valence-corrected chi connectivity index (χ3v) is 6.06. The Kier molecular flexibility index (Phi) is 8.44. The van der Waals surface area contributed by atoms with Gasteiger partial charge in [-0.2, -0.15) is 0 Å². The fourth-order valence-corrected chi connectivity index (χ4v) is 4.27. The zero-order valence-electron chi connectivity index (χ0n) is 17.7. The molecule has 172 valence electrons. The van der Waals surface area contributed by atoms with Crippen LogP contribution in [0.25, 0.3) is 11.1 Å². The molecule has 1 amide bonds. The topological polar surface area (TPSA) is 75.6 Å². The van der Waals surface area contributed by atoms with Crippen molar-refractivity contribution in [3.05, 3.63) is 93.2 Å². The van der Waals surface area contributed by atoms with E-state index in [1.165, 1.54) is 34.4 Å². The number of ether oxygens (including phenoxy) is 1. The summed E-state index contributed by atoms with van der Waals surface area (Å²) in [5.74, 6) is -1.66. The molecule has 0 saturated carbocycles. The van der Waals surface area contributed by atoms with Crippen molar-refractivity contribution in [3.63, 3.8) is 0 Å². The Bertz CT molecular complexity index is 1110. The summed E-state index contributed by atoms with van der Waals surface area (Å²) in [5.41, 5.74) is 5.47. The molecule has 5 nitrogen and oxygen atoms in total. The van der Waals surface area contributed by atoms with Crippen molar-refractivity contribution in [1.82, 2.24) is 5.32 Å². The van der Waals surface area contributed by atoms with Crippen LogP contribution in [0.5, 0.6) is 0 Å². The normalized spacial score (nSPS) is 12.7. The van der Waals surface area contributed by atoms with Crippen LogP contribution in [-0.2, 0) is 20.7 Å². The van der Waals surface area contributed by atoms with E-state index in [2.05, 4.69) is 53.8 Å². The van der Waals surface area contributed by atoms with Crippen molar-refractivity contribution in [2.45, 2.75) is 18.4 Å². The van der Waals surface area contributed by atoms with Gasteiger partial charge in [0.05, 0.1) is 11.6 Å². The van der Waals surface area contributed by atoms with E-state index in [1.807, 2.05) is 0 Å². The molecule has 0 fully saturated rings. The van der Waals surface area contributed by atoms with Gasteiger partial charge in [0, 0.05) is 30.0 Å². The first-order chi connectivity index (χ1) is 15.9. The summed E-state index contributed by atoms with van der Waals surface area (Å²) in [6.07, 6.45) is -0.0472. The fraction of sp³-hybridized carbons (Fsp3) is 0.200. The number of carbonyl (C=O) groups is 2. The van der Waals surface area contributed by atoms with Crippen LogP contribution in [0.2, 0.25) is 10.0 Å². The van der Waals surface area contributed by atoms with Crippen LogP contribution in [-0.4, -0.2) is 37.2 Å². The van der Waals surface area contributed by atoms with Crippen molar-refractivity contribution in [1.29, 1.82) is 0 Å². The summed E-state index contributed by atoms with van der Waals surface area (Å²) >= 11 is 11.3. The zero-order chi connectivity index (χ0) is 24.0. The molecular weight excluding hydrogens is 468 g/mol. The summed E-state index contributed by atoms with van der Waals surface area (Å²) < 4.78 is 18.9. The lowest BCUT2D eigenvalue weighted by Crippen LogP contribution is -2.37. The summed E-state index contributed by atoms with van der Waals surface area (Å²) in [5, 5.41) is 10.8. The predicted molar refractivity (Wildman–Crippen MR) is 126 cm³/mol. The second-order valence-electron chi connectivity index (χ2n) is 7.38. The van der Waals surface area contributed by atoms with Crippen LogP contribution in [0, 0.1) is 5.82 Å². The van der Waals surface area contributed by atoms with E-state index in [9.17, 15) is 14.0 Å². The van der Waals surface area contributed by atoms with Gasteiger partial charge in [0.1, 0.15) is 11.9 Å². The lowest BCUT2D eigenvalue weighted by atomic mass is 9.98. The van der Waals surface area contributed by atoms with Crippen molar-refractivity contribution >= 4 is 35.6 Å². The molecule has 2 N–H and O–H groups in total. The minimum Gasteiger partial charge on any atom is -0.480 e. The highest BCUT2D eigenvalue weighted by Crippen LogP contribution is 2.44. The largest absolute Gasteiger partial charge is 0.480 e. The number of benzene rings is 3. The number of rotatable bonds is 7. The summed E-state index contributed by atoms with van der Waals surface area (Å²) in [4.78, 5) is 21.0. The maximum Gasteiger partial charge on any atom is 0.326 e. The molecular formula is C25H22Cl2FNO4. The molecule has 4 rings (SSSR count). The van der Waals surface area contributed by atoms with E-state index in [1.54, 1.807) is 7.11 Å². The average Bonchev–Trinajstić information content (AvgIpc) is 3.13. The van der Waals surface area contributed by atoms with E-state index in [-0.39, 0.29) is 28.4 Å². The second-order valence-corrected chi connectivity index (χ2v) is 8.20. The third-order valence-electron chi connectivity index (χ3n) is 5.41. The van der Waals surface area contributed by atoms with Gasteiger partial charge in [0.25, 0.3) is 0 Å². The van der Waals surface area contributed by atoms with E-state index >= 15 is 0 Å². The van der Waals surface area contributed by atoms with Crippen LogP contribution in [0.15, 0.2) is 60.7 Å². The summed E-state index contributed by atoms with van der Waals surface area (Å²) in [6, 6.07) is 18.6. The first kappa shape index (κ1) is 24.7. The number of carboxylic acid groups (broad SMARTS) is 1. The van der Waals surface area contributed by atoms with Crippen molar-refractivity contribution in [2.24, 2.45) is 0 Å². The third kappa shape index (κ3) is 5.53. The summed E-state index contributed by atoms with van der Waals surface area (Å²) in [6.45, 7) is 0.758. The van der Waals surface area contributed by atoms with Gasteiger partial charge in [-0.1, -0.05) is 71.7 Å². The van der Waals surface area contributed by atoms with E-state index in [0.717, 1.165) is 6.61 Å². The molecule has 33 heavy (non-hydrogen) atoms. The smallest absolute Gasteiger partial charge is 0.326 e. The fourth-order valence-electron chi connectivity index (χ4n) is 3.87. The lowest BCUT2D eigenvalue weighted by molar-refractivity contribution is -0.140. The Hall–Kier alpha value is -2.93. The van der Waals surface area contributed by atoms with E-state index < -0.39 is 17.8 Å². The molecule has 3 aromatic rings. The maximum absolute atomic E-state index is 13.6. The van der Waals surface area contributed by atoms with Crippen LogP contribution in [0.4, 0.5) is 4.39 Å². The Morgan fingerprint density at radius 2 is 1.61 bits per heavy atom. The predicted octanol–water partition coefficient (Wildman–Crippen LogP) is 5.32. The minimum atomic E-state index is -1.28. The summed E-state index contributed by atoms with van der Waals surface area (Å²) in [7, 11) is 1.77. The average molecular weight is 490 g/mol. The van der Waals surface area contributed by atoms with Gasteiger partial charge in [-0.3, -0.25) is 4.79 Å². The van der Waals surface area contributed by atoms with Gasteiger partial charge in [0.15, 0.2) is 0 Å². The molecule has 1 aliphatic carbocycles. The number of aliphatic carboxylic acids is 1. The number of carboxylic acids is 1. The first-order valence-corrected chi connectivity index (χ1v) is 10.9. The Morgan fingerprint density at radius 3 is 2.12 bits per heavy atom. The number of methoxy groups -OCH3 is 1. The molecule has 8 heteroatoms. The van der Waals surface area contributed by atoms with Crippen molar-refractivity contribution in [3.8, 4) is 11.1 Å². The molecule has 0 unspecified atom stereocenters.